The van der Waals surface area contributed by atoms with E-state index in [0.717, 1.165) is 12.8 Å². The minimum absolute atomic E-state index is 0.0475. The summed E-state index contributed by atoms with van der Waals surface area (Å²) in [6.45, 7) is 6.67. The van der Waals surface area contributed by atoms with Crippen molar-refractivity contribution >= 4 is 29.0 Å². The van der Waals surface area contributed by atoms with Crippen LogP contribution in [0, 0.1) is 0 Å². The number of likely N-dealkylation sites (tertiary alicyclic amines) is 2. The van der Waals surface area contributed by atoms with Gasteiger partial charge in [-0.3, -0.25) is 4.79 Å². The number of likely N-dealkylation sites (N-methyl/N-ethyl adjacent to an activating group) is 1. The summed E-state index contributed by atoms with van der Waals surface area (Å²) < 4.78 is 7.68. The monoisotopic (exact) mass is 514 g/mol. The Morgan fingerprint density at radius 2 is 1.92 bits per heavy atom. The van der Waals surface area contributed by atoms with E-state index in [0.29, 0.717) is 62.0 Å². The fraction of sp³-hybridized carbons (Fsp3) is 0.640. The molecule has 0 radical (unpaired) electrons. The van der Waals surface area contributed by atoms with E-state index in [4.69, 9.17) is 4.74 Å². The number of aliphatic hydroxyl groups excluding tert-OH is 1. The summed E-state index contributed by atoms with van der Waals surface area (Å²) in [5.41, 5.74) is 1.36. The van der Waals surface area contributed by atoms with Crippen molar-refractivity contribution in [2.45, 2.75) is 57.9 Å². The van der Waals surface area contributed by atoms with Crippen LogP contribution in [0.15, 0.2) is 18.5 Å². The summed E-state index contributed by atoms with van der Waals surface area (Å²) in [6, 6.07) is 0.282. The number of hydrogen-bond donors (Lipinski definition) is 2. The van der Waals surface area contributed by atoms with E-state index in [1.165, 1.54) is 0 Å². The van der Waals surface area contributed by atoms with Crippen LogP contribution in [-0.2, 0) is 16.1 Å². The van der Waals surface area contributed by atoms with E-state index in [1.807, 2.05) is 43.5 Å². The lowest BCUT2D eigenvalue weighted by Crippen LogP contribution is -2.44. The average Bonchev–Trinajstić information content (AvgIpc) is 3.51. The van der Waals surface area contributed by atoms with Gasteiger partial charge in [-0.25, -0.2) is 19.7 Å². The van der Waals surface area contributed by atoms with Crippen LogP contribution in [0.3, 0.4) is 0 Å². The molecule has 1 unspecified atom stereocenters. The Kier molecular flexibility index (Phi) is 8.59. The first kappa shape index (κ1) is 26.8. The minimum atomic E-state index is -0.330. The molecular weight excluding hydrogens is 476 g/mol. The van der Waals surface area contributed by atoms with Crippen molar-refractivity contribution in [2.24, 2.45) is 0 Å². The number of aromatic nitrogens is 4. The maximum absolute atomic E-state index is 12.8. The number of nitrogens with zero attached hydrogens (tertiary/aromatic N) is 7. The molecule has 0 bridgehead atoms. The summed E-state index contributed by atoms with van der Waals surface area (Å²) in [7, 11) is 3.89. The molecule has 1 atom stereocenters. The van der Waals surface area contributed by atoms with Crippen LogP contribution in [0.4, 0.5) is 10.6 Å². The molecule has 2 saturated heterocycles. The van der Waals surface area contributed by atoms with Crippen molar-refractivity contribution in [1.82, 2.24) is 34.2 Å². The van der Waals surface area contributed by atoms with Gasteiger partial charge in [0, 0.05) is 50.8 Å². The van der Waals surface area contributed by atoms with Gasteiger partial charge in [-0.15, -0.1) is 0 Å². The topological polar surface area (TPSA) is 129 Å². The molecule has 2 aliphatic heterocycles. The quantitative estimate of drug-likeness (QED) is 0.505. The summed E-state index contributed by atoms with van der Waals surface area (Å²) in [5, 5.41) is 13.1. The zero-order valence-electron chi connectivity index (χ0n) is 22.1. The number of carbonyl (C=O) groups excluding carboxylic acids is 2. The second-order valence-corrected chi connectivity index (χ2v) is 10.2. The van der Waals surface area contributed by atoms with Crippen molar-refractivity contribution in [2.75, 3.05) is 52.1 Å². The molecule has 2 aromatic heterocycles. The molecule has 37 heavy (non-hydrogen) atoms. The standard InChI is InChI=1S/C25H38N8O4/c1-17(2)33-16-26-22-23(28-20(15-34)29-24(22)33)27-18-7-11-31(12-8-18)25(36)37-19-9-13-32(14-19)21(35)6-5-10-30(3)4/h5-6,16-19,34H,7-15H2,1-4H3,(H,27,28,29)/b6-5+. The van der Waals surface area contributed by atoms with E-state index < -0.39 is 0 Å². The molecule has 4 rings (SSSR count). The molecule has 12 heteroatoms. The van der Waals surface area contributed by atoms with Crippen LogP contribution >= 0.6 is 0 Å². The molecule has 12 nitrogen and oxygen atoms in total. The third-order valence-corrected chi connectivity index (χ3v) is 6.71. The Morgan fingerprint density at radius 3 is 2.59 bits per heavy atom. The Hall–Kier alpha value is -3.25. The summed E-state index contributed by atoms with van der Waals surface area (Å²) >= 11 is 0. The number of aliphatic hydroxyl groups is 1. The van der Waals surface area contributed by atoms with Crippen molar-refractivity contribution in [3.63, 3.8) is 0 Å². The largest absolute Gasteiger partial charge is 0.444 e. The Morgan fingerprint density at radius 1 is 1.19 bits per heavy atom. The lowest BCUT2D eigenvalue weighted by Gasteiger charge is -2.32. The number of fused-ring (bicyclic) bond motifs is 1. The van der Waals surface area contributed by atoms with Crippen molar-refractivity contribution in [3.05, 3.63) is 24.3 Å². The predicted octanol–water partition coefficient (Wildman–Crippen LogP) is 1.63. The molecule has 2 fully saturated rings. The molecule has 2 amide bonds. The van der Waals surface area contributed by atoms with Gasteiger partial charge in [0.1, 0.15) is 18.2 Å². The van der Waals surface area contributed by atoms with Crippen LogP contribution < -0.4 is 5.32 Å². The van der Waals surface area contributed by atoms with Gasteiger partial charge in [0.25, 0.3) is 0 Å². The van der Waals surface area contributed by atoms with Crippen LogP contribution in [0.1, 0.15) is 45.0 Å². The maximum Gasteiger partial charge on any atom is 0.410 e. The van der Waals surface area contributed by atoms with E-state index in [1.54, 1.807) is 22.2 Å². The van der Waals surface area contributed by atoms with Gasteiger partial charge in [-0.05, 0) is 40.8 Å². The van der Waals surface area contributed by atoms with E-state index in [-0.39, 0.29) is 36.8 Å². The summed E-state index contributed by atoms with van der Waals surface area (Å²) in [4.78, 5) is 44.0. The number of carbonyl (C=O) groups is 2. The first-order valence-corrected chi connectivity index (χ1v) is 12.9. The maximum atomic E-state index is 12.8. The summed E-state index contributed by atoms with van der Waals surface area (Å²) in [6.07, 6.45) is 6.67. The number of hydrogen-bond acceptors (Lipinski definition) is 9. The van der Waals surface area contributed by atoms with Gasteiger partial charge >= 0.3 is 6.09 Å². The normalized spacial score (nSPS) is 19.1. The molecule has 0 saturated carbocycles. The lowest BCUT2D eigenvalue weighted by molar-refractivity contribution is -0.125. The van der Waals surface area contributed by atoms with Crippen LogP contribution in [-0.4, -0.2) is 110 Å². The van der Waals surface area contributed by atoms with Crippen LogP contribution in [0.5, 0.6) is 0 Å². The van der Waals surface area contributed by atoms with Crippen molar-refractivity contribution in [1.29, 1.82) is 0 Å². The highest BCUT2D eigenvalue weighted by molar-refractivity contribution is 5.88. The molecule has 0 spiro atoms. The number of ether oxygens (including phenoxy) is 1. The highest BCUT2D eigenvalue weighted by atomic mass is 16.6. The third-order valence-electron chi connectivity index (χ3n) is 6.71. The van der Waals surface area contributed by atoms with E-state index >= 15 is 0 Å². The van der Waals surface area contributed by atoms with Crippen LogP contribution in [0.2, 0.25) is 0 Å². The molecule has 202 valence electrons. The highest BCUT2D eigenvalue weighted by Gasteiger charge is 2.31. The molecule has 2 N–H and O–H groups in total. The van der Waals surface area contributed by atoms with Gasteiger partial charge in [-0.1, -0.05) is 6.08 Å². The predicted molar refractivity (Wildman–Crippen MR) is 139 cm³/mol. The van der Waals surface area contributed by atoms with Crippen LogP contribution in [0.25, 0.3) is 11.2 Å². The molecule has 2 aliphatic rings. The van der Waals surface area contributed by atoms with Crippen molar-refractivity contribution in [3.8, 4) is 0 Å². The van der Waals surface area contributed by atoms with E-state index in [2.05, 4.69) is 20.3 Å². The van der Waals surface area contributed by atoms with Gasteiger partial charge < -0.3 is 34.4 Å². The van der Waals surface area contributed by atoms with Gasteiger partial charge in [-0.2, -0.15) is 0 Å². The number of nitrogens with one attached hydrogen (secondary N) is 1. The number of rotatable bonds is 8. The molecule has 0 aromatic carbocycles. The minimum Gasteiger partial charge on any atom is -0.444 e. The van der Waals surface area contributed by atoms with Gasteiger partial charge in [0.2, 0.25) is 5.91 Å². The lowest BCUT2D eigenvalue weighted by atomic mass is 10.1. The van der Waals surface area contributed by atoms with E-state index in [9.17, 15) is 14.7 Å². The number of amides is 2. The SMILES string of the molecule is CC(C)n1cnc2c(NC3CCN(C(=O)OC4CCN(C(=O)/C=C/CN(C)C)C4)CC3)nc(CO)nc21. The van der Waals surface area contributed by atoms with Gasteiger partial charge in [0.05, 0.1) is 12.9 Å². The molecular formula is C25H38N8O4. The van der Waals surface area contributed by atoms with Crippen molar-refractivity contribution < 1.29 is 19.4 Å². The number of piperidine rings is 1. The first-order valence-electron chi connectivity index (χ1n) is 12.9. The Labute approximate surface area is 217 Å². The summed E-state index contributed by atoms with van der Waals surface area (Å²) in [5.74, 6) is 0.897. The highest BCUT2D eigenvalue weighted by Crippen LogP contribution is 2.25. The Bertz CT molecular complexity index is 1120. The molecule has 4 heterocycles. The second-order valence-electron chi connectivity index (χ2n) is 10.2. The second kappa shape index (κ2) is 11.9. The average molecular weight is 515 g/mol. The number of anilines is 1. The first-order chi connectivity index (χ1) is 17.7. The molecule has 0 aliphatic carbocycles. The van der Waals surface area contributed by atoms with Gasteiger partial charge in [0.15, 0.2) is 17.3 Å². The molecule has 2 aromatic rings. The third kappa shape index (κ3) is 6.55. The smallest absolute Gasteiger partial charge is 0.410 e. The Balaban J connectivity index is 1.28. The number of imidazole rings is 1. The fourth-order valence-electron chi connectivity index (χ4n) is 4.62. The zero-order chi connectivity index (χ0) is 26.5. The fourth-order valence-corrected chi connectivity index (χ4v) is 4.62. The zero-order valence-corrected chi connectivity index (χ0v) is 22.1.